The number of halogens is 1. The fraction of sp³-hybridized carbons (Fsp3) is 0.467. The lowest BCUT2D eigenvalue weighted by Gasteiger charge is -2.12. The van der Waals surface area contributed by atoms with Gasteiger partial charge in [-0.2, -0.15) is 0 Å². The second kappa shape index (κ2) is 8.94. The number of hydrogen-bond acceptors (Lipinski definition) is 3. The van der Waals surface area contributed by atoms with Crippen molar-refractivity contribution < 1.29 is 23.8 Å². The molecular formula is C15H20FNO4. The summed E-state index contributed by atoms with van der Waals surface area (Å²) in [4.78, 5) is 22.5. The maximum absolute atomic E-state index is 12.9. The molecule has 0 saturated carbocycles. The molecule has 0 radical (unpaired) electrons. The predicted octanol–water partition coefficient (Wildman–Crippen LogP) is 2.21. The van der Waals surface area contributed by atoms with E-state index in [1.54, 1.807) is 6.07 Å². The molecule has 1 unspecified atom stereocenters. The summed E-state index contributed by atoms with van der Waals surface area (Å²) in [7, 11) is 0. The average molecular weight is 297 g/mol. The van der Waals surface area contributed by atoms with Crippen molar-refractivity contribution >= 4 is 11.9 Å². The van der Waals surface area contributed by atoms with Crippen LogP contribution in [0, 0.1) is 11.7 Å². The van der Waals surface area contributed by atoms with Gasteiger partial charge in [-0.05, 0) is 18.6 Å². The maximum Gasteiger partial charge on any atom is 0.308 e. The third-order valence-electron chi connectivity index (χ3n) is 2.93. The number of amides is 1. The Morgan fingerprint density at radius 2 is 2.19 bits per heavy atom. The van der Waals surface area contributed by atoms with E-state index in [-0.39, 0.29) is 25.5 Å². The molecule has 0 aliphatic rings. The minimum absolute atomic E-state index is 0.0922. The van der Waals surface area contributed by atoms with Crippen LogP contribution < -0.4 is 10.1 Å². The molecule has 0 spiro atoms. The normalized spacial score (nSPS) is 11.7. The standard InChI is InChI=1S/C15H20FNO4/c1-2-4-11(15(19)20)10-17-14(18)7-8-21-13-6-3-5-12(16)9-13/h3,5-6,9,11H,2,4,7-8,10H2,1H3,(H,17,18)(H,19,20). The molecule has 116 valence electrons. The molecular weight excluding hydrogens is 277 g/mol. The Labute approximate surface area is 123 Å². The second-order valence-corrected chi connectivity index (χ2v) is 4.68. The van der Waals surface area contributed by atoms with Gasteiger partial charge in [-0.25, -0.2) is 4.39 Å². The molecule has 1 aromatic rings. The lowest BCUT2D eigenvalue weighted by molar-refractivity contribution is -0.141. The number of rotatable bonds is 9. The van der Waals surface area contributed by atoms with Crippen molar-refractivity contribution in [2.45, 2.75) is 26.2 Å². The van der Waals surface area contributed by atoms with E-state index in [1.807, 2.05) is 6.92 Å². The maximum atomic E-state index is 12.9. The highest BCUT2D eigenvalue weighted by molar-refractivity contribution is 5.77. The first-order valence-electron chi connectivity index (χ1n) is 6.90. The largest absolute Gasteiger partial charge is 0.493 e. The first-order chi connectivity index (χ1) is 10.0. The van der Waals surface area contributed by atoms with E-state index in [1.165, 1.54) is 18.2 Å². The van der Waals surface area contributed by atoms with Gasteiger partial charge >= 0.3 is 5.97 Å². The molecule has 0 heterocycles. The first kappa shape index (κ1) is 16.9. The van der Waals surface area contributed by atoms with Crippen molar-refractivity contribution in [1.82, 2.24) is 5.32 Å². The molecule has 0 fully saturated rings. The van der Waals surface area contributed by atoms with Crippen molar-refractivity contribution in [1.29, 1.82) is 0 Å². The minimum Gasteiger partial charge on any atom is -0.493 e. The van der Waals surface area contributed by atoms with Gasteiger partial charge in [0.2, 0.25) is 5.91 Å². The Bertz CT molecular complexity index is 478. The van der Waals surface area contributed by atoms with Gasteiger partial charge in [0.15, 0.2) is 0 Å². The van der Waals surface area contributed by atoms with Crippen LogP contribution in [0.4, 0.5) is 4.39 Å². The Kier molecular flexibility index (Phi) is 7.21. The Morgan fingerprint density at radius 1 is 1.43 bits per heavy atom. The average Bonchev–Trinajstić information content (AvgIpc) is 2.43. The highest BCUT2D eigenvalue weighted by Gasteiger charge is 2.17. The van der Waals surface area contributed by atoms with Gasteiger partial charge in [0, 0.05) is 12.6 Å². The molecule has 0 aliphatic carbocycles. The second-order valence-electron chi connectivity index (χ2n) is 4.68. The van der Waals surface area contributed by atoms with Crippen LogP contribution in [0.5, 0.6) is 5.75 Å². The summed E-state index contributed by atoms with van der Waals surface area (Å²) in [6.07, 6.45) is 1.36. The van der Waals surface area contributed by atoms with E-state index in [0.29, 0.717) is 12.2 Å². The number of nitrogens with one attached hydrogen (secondary N) is 1. The summed E-state index contributed by atoms with van der Waals surface area (Å²) < 4.78 is 18.1. The third-order valence-corrected chi connectivity index (χ3v) is 2.93. The van der Waals surface area contributed by atoms with Crippen LogP contribution in [-0.2, 0) is 9.59 Å². The SMILES string of the molecule is CCCC(CNC(=O)CCOc1cccc(F)c1)C(=O)O. The molecule has 0 aliphatic heterocycles. The zero-order valence-corrected chi connectivity index (χ0v) is 12.0. The van der Waals surface area contributed by atoms with Crippen LogP contribution in [0.25, 0.3) is 0 Å². The highest BCUT2D eigenvalue weighted by atomic mass is 19.1. The lowest BCUT2D eigenvalue weighted by Crippen LogP contribution is -2.33. The third kappa shape index (κ3) is 6.74. The van der Waals surface area contributed by atoms with E-state index in [0.717, 1.165) is 6.42 Å². The first-order valence-corrected chi connectivity index (χ1v) is 6.90. The number of carboxylic acid groups (broad SMARTS) is 1. The van der Waals surface area contributed by atoms with Crippen molar-refractivity contribution in [3.8, 4) is 5.75 Å². The van der Waals surface area contributed by atoms with E-state index in [4.69, 9.17) is 9.84 Å². The smallest absolute Gasteiger partial charge is 0.308 e. The van der Waals surface area contributed by atoms with Crippen molar-refractivity contribution in [2.24, 2.45) is 5.92 Å². The van der Waals surface area contributed by atoms with Gasteiger partial charge in [0.1, 0.15) is 11.6 Å². The van der Waals surface area contributed by atoms with Gasteiger partial charge in [-0.15, -0.1) is 0 Å². The van der Waals surface area contributed by atoms with Crippen LogP contribution >= 0.6 is 0 Å². The highest BCUT2D eigenvalue weighted by Crippen LogP contribution is 2.12. The van der Waals surface area contributed by atoms with E-state index < -0.39 is 17.7 Å². The molecule has 21 heavy (non-hydrogen) atoms. The van der Waals surface area contributed by atoms with E-state index in [2.05, 4.69) is 5.32 Å². The fourth-order valence-electron chi connectivity index (χ4n) is 1.81. The fourth-order valence-corrected chi connectivity index (χ4v) is 1.81. The van der Waals surface area contributed by atoms with Gasteiger partial charge < -0.3 is 15.2 Å². The Hall–Kier alpha value is -2.11. The van der Waals surface area contributed by atoms with Crippen LogP contribution in [0.15, 0.2) is 24.3 Å². The number of carbonyl (C=O) groups is 2. The number of aliphatic carboxylic acids is 1. The number of hydrogen-bond donors (Lipinski definition) is 2. The molecule has 6 heteroatoms. The Balaban J connectivity index is 2.26. The summed E-state index contributed by atoms with van der Waals surface area (Å²) in [5.74, 6) is -1.80. The summed E-state index contributed by atoms with van der Waals surface area (Å²) in [5.41, 5.74) is 0. The Morgan fingerprint density at radius 3 is 2.81 bits per heavy atom. The molecule has 0 bridgehead atoms. The molecule has 2 N–H and O–H groups in total. The number of carboxylic acids is 1. The summed E-state index contributed by atoms with van der Waals surface area (Å²) in [6.45, 7) is 2.12. The minimum atomic E-state index is -0.909. The van der Waals surface area contributed by atoms with Crippen LogP contribution in [0.2, 0.25) is 0 Å². The summed E-state index contributed by atoms with van der Waals surface area (Å²) >= 11 is 0. The van der Waals surface area contributed by atoms with E-state index >= 15 is 0 Å². The van der Waals surface area contributed by atoms with Crippen molar-refractivity contribution in [2.75, 3.05) is 13.2 Å². The van der Waals surface area contributed by atoms with Crippen LogP contribution in [-0.4, -0.2) is 30.1 Å². The molecule has 0 saturated heterocycles. The monoisotopic (exact) mass is 297 g/mol. The topological polar surface area (TPSA) is 75.6 Å². The van der Waals surface area contributed by atoms with Gasteiger partial charge in [-0.3, -0.25) is 9.59 Å². The quantitative estimate of drug-likeness (QED) is 0.733. The van der Waals surface area contributed by atoms with Gasteiger partial charge in [-0.1, -0.05) is 19.4 Å². The molecule has 0 aromatic heterocycles. The number of benzene rings is 1. The zero-order chi connectivity index (χ0) is 15.7. The number of ether oxygens (including phenoxy) is 1. The summed E-state index contributed by atoms with van der Waals surface area (Å²) in [6, 6.07) is 5.66. The zero-order valence-electron chi connectivity index (χ0n) is 12.0. The van der Waals surface area contributed by atoms with Crippen molar-refractivity contribution in [3.63, 3.8) is 0 Å². The number of carbonyl (C=O) groups excluding carboxylic acids is 1. The summed E-state index contributed by atoms with van der Waals surface area (Å²) in [5, 5.41) is 11.5. The molecule has 1 atom stereocenters. The lowest BCUT2D eigenvalue weighted by atomic mass is 10.0. The van der Waals surface area contributed by atoms with Crippen LogP contribution in [0.3, 0.4) is 0 Å². The molecule has 5 nitrogen and oxygen atoms in total. The molecule has 1 aromatic carbocycles. The van der Waals surface area contributed by atoms with Gasteiger partial charge in [0.25, 0.3) is 0 Å². The van der Waals surface area contributed by atoms with Crippen molar-refractivity contribution in [3.05, 3.63) is 30.1 Å². The van der Waals surface area contributed by atoms with Gasteiger partial charge in [0.05, 0.1) is 18.9 Å². The molecule has 1 amide bonds. The molecule has 1 rings (SSSR count). The van der Waals surface area contributed by atoms with Crippen LogP contribution in [0.1, 0.15) is 26.2 Å². The van der Waals surface area contributed by atoms with E-state index in [9.17, 15) is 14.0 Å². The predicted molar refractivity (Wildman–Crippen MR) is 75.6 cm³/mol.